The van der Waals surface area contributed by atoms with E-state index in [1.165, 1.54) is 4.88 Å². The van der Waals surface area contributed by atoms with Crippen molar-refractivity contribution in [3.05, 3.63) is 63.5 Å². The number of carbonyl (C=O) groups is 2. The summed E-state index contributed by atoms with van der Waals surface area (Å²) in [7, 11) is 0. The summed E-state index contributed by atoms with van der Waals surface area (Å²) in [5, 5.41) is 10.2. The van der Waals surface area contributed by atoms with Crippen molar-refractivity contribution < 1.29 is 9.59 Å². The van der Waals surface area contributed by atoms with Gasteiger partial charge in [0.1, 0.15) is 12.4 Å². The van der Waals surface area contributed by atoms with Crippen LogP contribution >= 0.6 is 23.1 Å². The lowest BCUT2D eigenvalue weighted by Crippen LogP contribution is -2.44. The minimum Gasteiger partial charge on any atom is -0.352 e. The monoisotopic (exact) mass is 510 g/mol. The molecule has 0 saturated heterocycles. The number of benzene rings is 1. The number of anilines is 1. The molecule has 0 radical (unpaired) electrons. The molecule has 6 nitrogen and oxygen atoms in total. The number of thioether (sulfide) groups is 1. The van der Waals surface area contributed by atoms with Crippen molar-refractivity contribution in [1.82, 2.24) is 15.1 Å². The molecule has 0 bridgehead atoms. The van der Waals surface area contributed by atoms with Crippen molar-refractivity contribution in [2.24, 2.45) is 0 Å². The fraction of sp³-hybridized carbons (Fsp3) is 0.444. The largest absolute Gasteiger partial charge is 0.352 e. The van der Waals surface area contributed by atoms with Crippen LogP contribution in [0.4, 0.5) is 5.82 Å². The van der Waals surface area contributed by atoms with Gasteiger partial charge in [0.25, 0.3) is 0 Å². The van der Waals surface area contributed by atoms with Crippen LogP contribution in [-0.2, 0) is 15.0 Å². The number of aryl methyl sites for hydroxylation is 1. The maximum atomic E-state index is 13.6. The molecule has 0 unspecified atom stereocenters. The Bertz CT molecular complexity index is 1210. The summed E-state index contributed by atoms with van der Waals surface area (Å²) >= 11 is 3.31. The zero-order chi connectivity index (χ0) is 25.3. The average molecular weight is 511 g/mol. The van der Waals surface area contributed by atoms with Crippen LogP contribution in [-0.4, -0.2) is 39.9 Å². The lowest BCUT2D eigenvalue weighted by Gasteiger charge is -2.24. The second kappa shape index (κ2) is 10.2. The maximum Gasteiger partial charge on any atom is 0.240 e. The van der Waals surface area contributed by atoms with Crippen LogP contribution in [0, 0.1) is 6.92 Å². The standard InChI is InChI=1S/C27H34N4O2S2/c1-7-18(3)28-21(32)15-30-22(33)16-35-24(20-12-9-13-34-20)23-25(27(4,5)6)29-31(26(23)30)19-11-8-10-17(2)14-19/h8-14,18,24H,7,15-16H2,1-6H3,(H,28,32)/t18-,24-/m0/s1. The van der Waals surface area contributed by atoms with E-state index in [-0.39, 0.29) is 35.1 Å². The van der Waals surface area contributed by atoms with E-state index >= 15 is 0 Å². The molecule has 35 heavy (non-hydrogen) atoms. The highest BCUT2D eigenvalue weighted by atomic mass is 32.2. The van der Waals surface area contributed by atoms with Crippen LogP contribution in [0.2, 0.25) is 0 Å². The van der Waals surface area contributed by atoms with Gasteiger partial charge < -0.3 is 5.32 Å². The summed E-state index contributed by atoms with van der Waals surface area (Å²) in [4.78, 5) is 29.4. The van der Waals surface area contributed by atoms with Crippen LogP contribution in [0.1, 0.15) is 68.0 Å². The quantitative estimate of drug-likeness (QED) is 0.467. The summed E-state index contributed by atoms with van der Waals surface area (Å²) < 4.78 is 1.88. The Morgan fingerprint density at radius 2 is 2.03 bits per heavy atom. The molecule has 2 aromatic heterocycles. The third-order valence-corrected chi connectivity index (χ3v) is 8.49. The third kappa shape index (κ3) is 5.33. The lowest BCUT2D eigenvalue weighted by atomic mass is 9.88. The molecule has 8 heteroatoms. The lowest BCUT2D eigenvalue weighted by molar-refractivity contribution is -0.123. The number of thiophene rings is 1. The summed E-state index contributed by atoms with van der Waals surface area (Å²) in [6, 6.07) is 12.3. The van der Waals surface area contributed by atoms with Crippen LogP contribution in [0.3, 0.4) is 0 Å². The number of fused-ring (bicyclic) bond motifs is 1. The van der Waals surface area contributed by atoms with E-state index < -0.39 is 0 Å². The highest BCUT2D eigenvalue weighted by Gasteiger charge is 2.40. The van der Waals surface area contributed by atoms with E-state index in [2.05, 4.69) is 43.6 Å². The molecule has 2 amide bonds. The van der Waals surface area contributed by atoms with Gasteiger partial charge >= 0.3 is 0 Å². The van der Waals surface area contributed by atoms with Crippen LogP contribution in [0.5, 0.6) is 0 Å². The smallest absolute Gasteiger partial charge is 0.240 e. The second-order valence-electron chi connectivity index (χ2n) is 10.1. The first-order chi connectivity index (χ1) is 16.6. The van der Waals surface area contributed by atoms with E-state index in [4.69, 9.17) is 5.10 Å². The van der Waals surface area contributed by atoms with Gasteiger partial charge in [-0.05, 0) is 49.4 Å². The molecule has 1 aromatic carbocycles. The summed E-state index contributed by atoms with van der Waals surface area (Å²) in [5.74, 6) is 0.759. The normalized spacial score (nSPS) is 17.1. The van der Waals surface area contributed by atoms with Gasteiger partial charge in [0.05, 0.1) is 22.4 Å². The number of carbonyl (C=O) groups excluding carboxylic acids is 2. The van der Waals surface area contributed by atoms with Gasteiger partial charge in [-0.1, -0.05) is 45.9 Å². The van der Waals surface area contributed by atoms with E-state index in [1.807, 2.05) is 49.7 Å². The number of hydrogen-bond donors (Lipinski definition) is 1. The zero-order valence-corrected chi connectivity index (χ0v) is 22.9. The Hall–Kier alpha value is -2.58. The summed E-state index contributed by atoms with van der Waals surface area (Å²) in [6.45, 7) is 12.5. The number of hydrogen-bond acceptors (Lipinski definition) is 5. The number of amides is 2. The molecule has 1 aliphatic rings. The van der Waals surface area contributed by atoms with Crippen molar-refractivity contribution in [1.29, 1.82) is 0 Å². The number of rotatable bonds is 6. The van der Waals surface area contributed by atoms with Gasteiger partial charge in [0.15, 0.2) is 0 Å². The van der Waals surface area contributed by atoms with Gasteiger partial charge in [-0.15, -0.1) is 23.1 Å². The predicted molar refractivity (Wildman–Crippen MR) is 146 cm³/mol. The highest BCUT2D eigenvalue weighted by Crippen LogP contribution is 2.49. The average Bonchev–Trinajstić information content (AvgIpc) is 3.44. The molecule has 3 heterocycles. The molecule has 3 aromatic rings. The highest BCUT2D eigenvalue weighted by molar-refractivity contribution is 8.00. The number of aromatic nitrogens is 2. The first-order valence-electron chi connectivity index (χ1n) is 12.0. The van der Waals surface area contributed by atoms with Gasteiger partial charge in [-0.25, -0.2) is 4.68 Å². The van der Waals surface area contributed by atoms with E-state index in [0.29, 0.717) is 11.6 Å². The Morgan fingerprint density at radius 3 is 2.66 bits per heavy atom. The Labute approximate surface area is 216 Å². The number of nitrogens with zero attached hydrogens (tertiary/aromatic N) is 3. The maximum absolute atomic E-state index is 13.6. The van der Waals surface area contributed by atoms with E-state index in [0.717, 1.165) is 28.9 Å². The molecule has 1 N–H and O–H groups in total. The van der Waals surface area contributed by atoms with Crippen LogP contribution < -0.4 is 10.2 Å². The van der Waals surface area contributed by atoms with Gasteiger partial charge in [-0.3, -0.25) is 14.5 Å². The Balaban J connectivity index is 1.96. The van der Waals surface area contributed by atoms with E-state index in [1.54, 1.807) is 28.0 Å². The van der Waals surface area contributed by atoms with Gasteiger partial charge in [0, 0.05) is 21.9 Å². The van der Waals surface area contributed by atoms with Crippen molar-refractivity contribution in [3.63, 3.8) is 0 Å². The van der Waals surface area contributed by atoms with Crippen molar-refractivity contribution in [2.75, 3.05) is 17.2 Å². The molecule has 0 aliphatic carbocycles. The molecular formula is C27H34N4O2S2. The third-order valence-electron chi connectivity index (χ3n) is 6.17. The molecular weight excluding hydrogens is 476 g/mol. The van der Waals surface area contributed by atoms with Crippen LogP contribution in [0.15, 0.2) is 41.8 Å². The SMILES string of the molecule is CC[C@H](C)NC(=O)CN1C(=O)CS[C@@H](c2cccs2)c2c(C(C)(C)C)nn(-c3cccc(C)c3)c21. The number of nitrogens with one attached hydrogen (secondary N) is 1. The van der Waals surface area contributed by atoms with Crippen molar-refractivity contribution >= 4 is 40.7 Å². The van der Waals surface area contributed by atoms with Crippen molar-refractivity contribution in [2.45, 2.75) is 64.7 Å². The first-order valence-corrected chi connectivity index (χ1v) is 14.0. The Morgan fingerprint density at radius 1 is 1.26 bits per heavy atom. The molecule has 0 saturated carbocycles. The fourth-order valence-electron chi connectivity index (χ4n) is 4.24. The molecule has 186 valence electrons. The molecule has 1 aliphatic heterocycles. The van der Waals surface area contributed by atoms with Gasteiger partial charge in [0.2, 0.25) is 11.8 Å². The fourth-order valence-corrected chi connectivity index (χ4v) is 6.42. The minimum absolute atomic E-state index is 0.0328. The zero-order valence-electron chi connectivity index (χ0n) is 21.3. The summed E-state index contributed by atoms with van der Waals surface area (Å²) in [5.41, 5.74) is 3.70. The summed E-state index contributed by atoms with van der Waals surface area (Å²) in [6.07, 6.45) is 0.830. The minimum atomic E-state index is -0.257. The van der Waals surface area contributed by atoms with E-state index in [9.17, 15) is 9.59 Å². The topological polar surface area (TPSA) is 67.2 Å². The molecule has 0 spiro atoms. The second-order valence-corrected chi connectivity index (χ2v) is 12.2. The molecule has 2 atom stereocenters. The first kappa shape index (κ1) is 25.5. The van der Waals surface area contributed by atoms with Gasteiger partial charge in [-0.2, -0.15) is 5.10 Å². The predicted octanol–water partition coefficient (Wildman–Crippen LogP) is 5.62. The van der Waals surface area contributed by atoms with Crippen LogP contribution in [0.25, 0.3) is 5.69 Å². The molecule has 0 fully saturated rings. The molecule has 4 rings (SSSR count). The Kier molecular flexibility index (Phi) is 7.43. The van der Waals surface area contributed by atoms with Crippen molar-refractivity contribution in [3.8, 4) is 5.69 Å².